The van der Waals surface area contributed by atoms with Gasteiger partial charge in [-0.1, -0.05) is 36.4 Å². The van der Waals surface area contributed by atoms with Crippen molar-refractivity contribution in [1.29, 1.82) is 0 Å². The minimum Gasteiger partial charge on any atom is -0.373 e. The quantitative estimate of drug-likeness (QED) is 0.360. The minimum absolute atomic E-state index is 0.626. The van der Waals surface area contributed by atoms with Crippen LogP contribution in [-0.2, 0) is 11.3 Å². The third-order valence-corrected chi connectivity index (χ3v) is 6.79. The Labute approximate surface area is 160 Å². The van der Waals surface area contributed by atoms with Gasteiger partial charge < -0.3 is 4.74 Å². The van der Waals surface area contributed by atoms with E-state index in [0.717, 1.165) is 23.7 Å². The highest BCUT2D eigenvalue weighted by molar-refractivity contribution is 5.25. The lowest BCUT2D eigenvalue weighted by Gasteiger charge is -2.38. The first-order valence-electron chi connectivity index (χ1n) is 10.7. The van der Waals surface area contributed by atoms with E-state index in [2.05, 4.69) is 43.5 Å². The molecule has 0 radical (unpaired) electrons. The molecule has 1 nitrogen and oxygen atoms in total. The fourth-order valence-electron chi connectivity index (χ4n) is 5.20. The second kappa shape index (κ2) is 10.1. The molecule has 1 aromatic rings. The number of ether oxygens (including phenoxy) is 1. The van der Waals surface area contributed by atoms with Gasteiger partial charge in [-0.3, -0.25) is 0 Å². The molecule has 1 aromatic carbocycles. The second-order valence-corrected chi connectivity index (χ2v) is 8.46. The number of hydrogen-bond donors (Lipinski definition) is 0. The topological polar surface area (TPSA) is 9.23 Å². The number of allylic oxidation sites excluding steroid dienone is 1. The maximum atomic E-state index is 5.53. The molecule has 1 heteroatoms. The van der Waals surface area contributed by atoms with Crippen LogP contribution in [0.1, 0.15) is 74.8 Å². The molecule has 0 spiro atoms. The highest BCUT2D eigenvalue weighted by Gasteiger charge is 2.30. The van der Waals surface area contributed by atoms with Gasteiger partial charge in [-0.05, 0) is 92.6 Å². The van der Waals surface area contributed by atoms with E-state index in [-0.39, 0.29) is 0 Å². The molecule has 0 aromatic heterocycles. The summed E-state index contributed by atoms with van der Waals surface area (Å²) in [6.07, 6.45) is 16.6. The van der Waals surface area contributed by atoms with Crippen molar-refractivity contribution >= 4 is 0 Å². The first-order valence-corrected chi connectivity index (χ1v) is 10.7. The average Bonchev–Trinajstić information content (AvgIpc) is 2.70. The molecule has 2 saturated carbocycles. The van der Waals surface area contributed by atoms with Crippen LogP contribution in [0.5, 0.6) is 0 Å². The maximum absolute atomic E-state index is 5.53. The van der Waals surface area contributed by atoms with Crippen LogP contribution in [0.25, 0.3) is 0 Å². The van der Waals surface area contributed by atoms with E-state index >= 15 is 0 Å². The summed E-state index contributed by atoms with van der Waals surface area (Å²) in [6, 6.07) is 9.15. The molecule has 142 valence electrons. The van der Waals surface area contributed by atoms with Gasteiger partial charge in [0, 0.05) is 0 Å². The lowest BCUT2D eigenvalue weighted by Crippen LogP contribution is -2.25. The van der Waals surface area contributed by atoms with Gasteiger partial charge in [-0.2, -0.15) is 0 Å². The molecule has 2 aliphatic rings. The summed E-state index contributed by atoms with van der Waals surface area (Å²) in [4.78, 5) is 0. The van der Waals surface area contributed by atoms with Crippen molar-refractivity contribution in [3.05, 3.63) is 60.7 Å². The predicted molar refractivity (Wildman–Crippen MR) is 111 cm³/mol. The Bertz CT molecular complexity index is 542. The van der Waals surface area contributed by atoms with Crippen LogP contribution in [0.2, 0.25) is 0 Å². The zero-order valence-electron chi connectivity index (χ0n) is 16.4. The standard InChI is InChI=1S/C25H36O/c1-3-5-20-6-10-22(11-7-20)24-14-16-25(17-15-24)23-12-8-21(9-13-23)19-26-18-4-2/h3-4,8-9,12-13,20,22,24-25H,1-2,5-7,10-11,14-19H2. The van der Waals surface area contributed by atoms with Crippen molar-refractivity contribution < 1.29 is 4.74 Å². The van der Waals surface area contributed by atoms with Crippen molar-refractivity contribution in [2.75, 3.05) is 6.61 Å². The Kier molecular flexibility index (Phi) is 7.55. The summed E-state index contributed by atoms with van der Waals surface area (Å²) in [5, 5.41) is 0. The fourth-order valence-corrected chi connectivity index (χ4v) is 5.20. The number of hydrogen-bond acceptors (Lipinski definition) is 1. The minimum atomic E-state index is 0.626. The van der Waals surface area contributed by atoms with Gasteiger partial charge in [0.1, 0.15) is 0 Å². The van der Waals surface area contributed by atoms with E-state index in [9.17, 15) is 0 Å². The smallest absolute Gasteiger partial charge is 0.0721 e. The Morgan fingerprint density at radius 2 is 1.42 bits per heavy atom. The van der Waals surface area contributed by atoms with Gasteiger partial charge in [0.05, 0.1) is 13.2 Å². The molecule has 0 N–H and O–H groups in total. The van der Waals surface area contributed by atoms with E-state index in [1.807, 2.05) is 0 Å². The molecule has 0 saturated heterocycles. The summed E-state index contributed by atoms with van der Waals surface area (Å²) < 4.78 is 5.53. The highest BCUT2D eigenvalue weighted by atomic mass is 16.5. The lowest BCUT2D eigenvalue weighted by atomic mass is 9.68. The van der Waals surface area contributed by atoms with Crippen LogP contribution in [0, 0.1) is 17.8 Å². The molecule has 0 amide bonds. The zero-order valence-corrected chi connectivity index (χ0v) is 16.4. The van der Waals surface area contributed by atoms with Crippen molar-refractivity contribution in [3.63, 3.8) is 0 Å². The number of rotatable bonds is 8. The van der Waals surface area contributed by atoms with Gasteiger partial charge in [0.25, 0.3) is 0 Å². The third kappa shape index (κ3) is 5.33. The van der Waals surface area contributed by atoms with Crippen LogP contribution < -0.4 is 0 Å². The van der Waals surface area contributed by atoms with Gasteiger partial charge in [0.2, 0.25) is 0 Å². The summed E-state index contributed by atoms with van der Waals surface area (Å²) >= 11 is 0. The SMILES string of the molecule is C=CCOCc1ccc(C2CCC(C3CCC(CC=C)CC3)CC2)cc1. The molecule has 2 fully saturated rings. The van der Waals surface area contributed by atoms with E-state index in [4.69, 9.17) is 4.74 Å². The molecule has 3 rings (SSSR count). The summed E-state index contributed by atoms with van der Waals surface area (Å²) in [5.41, 5.74) is 2.80. The van der Waals surface area contributed by atoms with Gasteiger partial charge in [-0.15, -0.1) is 13.2 Å². The molecule has 26 heavy (non-hydrogen) atoms. The molecule has 0 atom stereocenters. The average molecular weight is 353 g/mol. The summed E-state index contributed by atoms with van der Waals surface area (Å²) in [7, 11) is 0. The monoisotopic (exact) mass is 352 g/mol. The Balaban J connectivity index is 1.43. The Morgan fingerprint density at radius 3 is 2.00 bits per heavy atom. The van der Waals surface area contributed by atoms with E-state index < -0.39 is 0 Å². The fraction of sp³-hybridized carbons (Fsp3) is 0.600. The van der Waals surface area contributed by atoms with Gasteiger partial charge in [-0.25, -0.2) is 0 Å². The molecule has 2 aliphatic carbocycles. The van der Waals surface area contributed by atoms with Crippen molar-refractivity contribution in [2.24, 2.45) is 17.8 Å². The lowest BCUT2D eigenvalue weighted by molar-refractivity contribution is 0.149. The zero-order chi connectivity index (χ0) is 18.2. The summed E-state index contributed by atoms with van der Waals surface area (Å²) in [6.45, 7) is 8.92. The third-order valence-electron chi connectivity index (χ3n) is 6.79. The van der Waals surface area contributed by atoms with E-state index in [1.165, 1.54) is 68.9 Å². The molecule has 0 aliphatic heterocycles. The van der Waals surface area contributed by atoms with Crippen LogP contribution in [-0.4, -0.2) is 6.61 Å². The number of benzene rings is 1. The summed E-state index contributed by atoms with van der Waals surface area (Å²) in [5.74, 6) is 3.68. The van der Waals surface area contributed by atoms with Crippen LogP contribution in [0.4, 0.5) is 0 Å². The van der Waals surface area contributed by atoms with Crippen molar-refractivity contribution in [2.45, 2.75) is 70.3 Å². The Morgan fingerprint density at radius 1 is 0.808 bits per heavy atom. The normalized spacial score (nSPS) is 29.2. The molecule has 0 unspecified atom stereocenters. The van der Waals surface area contributed by atoms with Crippen LogP contribution in [0.15, 0.2) is 49.6 Å². The molecular formula is C25H36O. The van der Waals surface area contributed by atoms with Gasteiger partial charge >= 0.3 is 0 Å². The molecular weight excluding hydrogens is 316 g/mol. The Hall–Kier alpha value is -1.34. The molecule has 0 heterocycles. The van der Waals surface area contributed by atoms with Crippen molar-refractivity contribution in [3.8, 4) is 0 Å². The highest BCUT2D eigenvalue weighted by Crippen LogP contribution is 2.44. The van der Waals surface area contributed by atoms with Gasteiger partial charge in [0.15, 0.2) is 0 Å². The maximum Gasteiger partial charge on any atom is 0.0721 e. The molecule has 0 bridgehead atoms. The first kappa shape index (κ1) is 19.4. The van der Waals surface area contributed by atoms with Crippen LogP contribution in [0.3, 0.4) is 0 Å². The second-order valence-electron chi connectivity index (χ2n) is 8.46. The van der Waals surface area contributed by atoms with Crippen LogP contribution >= 0.6 is 0 Å². The first-order chi connectivity index (χ1) is 12.8. The van der Waals surface area contributed by atoms with Crippen molar-refractivity contribution in [1.82, 2.24) is 0 Å². The predicted octanol–water partition coefficient (Wildman–Crippen LogP) is 7.05. The largest absolute Gasteiger partial charge is 0.373 e. The van der Waals surface area contributed by atoms with E-state index in [1.54, 1.807) is 6.08 Å². The van der Waals surface area contributed by atoms with E-state index in [0.29, 0.717) is 13.2 Å².